The number of amides is 1. The van der Waals surface area contributed by atoms with Gasteiger partial charge >= 0.3 is 0 Å². The maximum absolute atomic E-state index is 12.3. The molecule has 0 fully saturated rings. The van der Waals surface area contributed by atoms with Crippen molar-refractivity contribution < 1.29 is 14.6 Å². The molecule has 0 spiro atoms. The number of nitrogens with zero attached hydrogens (tertiary/aromatic N) is 2. The van der Waals surface area contributed by atoms with Crippen molar-refractivity contribution in [3.8, 4) is 17.2 Å². The first-order chi connectivity index (χ1) is 12.6. The number of carbonyl (C=O) groups excluding carboxylic acids is 1. The standard InChI is InChI=1S/C20H19N3O3/c1-12-19-17(13-3-7-15(24)8-4-13)11-18(25)21-20(19)23(22-12)14-5-9-16(26-2)10-6-14/h3-10,17,24H,11H2,1-2H3,(H,21,25)/t17-/m0/s1. The maximum atomic E-state index is 12.3. The van der Waals surface area contributed by atoms with Crippen molar-refractivity contribution in [2.75, 3.05) is 12.4 Å². The Kier molecular flexibility index (Phi) is 3.88. The molecular formula is C20H19N3O3. The van der Waals surface area contributed by atoms with Crippen molar-refractivity contribution in [3.63, 3.8) is 0 Å². The van der Waals surface area contributed by atoms with Gasteiger partial charge in [0.25, 0.3) is 0 Å². The van der Waals surface area contributed by atoms with E-state index in [1.807, 2.05) is 43.3 Å². The van der Waals surface area contributed by atoms with E-state index in [1.165, 1.54) is 0 Å². The third-order valence-electron chi connectivity index (χ3n) is 4.71. The molecule has 6 heteroatoms. The van der Waals surface area contributed by atoms with Crippen molar-refractivity contribution >= 4 is 11.7 Å². The van der Waals surface area contributed by atoms with Gasteiger partial charge in [-0.05, 0) is 48.9 Å². The van der Waals surface area contributed by atoms with Crippen LogP contribution in [0.15, 0.2) is 48.5 Å². The molecule has 1 aliphatic rings. The first-order valence-electron chi connectivity index (χ1n) is 8.39. The van der Waals surface area contributed by atoms with Gasteiger partial charge in [0.15, 0.2) is 0 Å². The molecule has 26 heavy (non-hydrogen) atoms. The van der Waals surface area contributed by atoms with Crippen LogP contribution in [-0.4, -0.2) is 27.9 Å². The second-order valence-corrected chi connectivity index (χ2v) is 6.35. The maximum Gasteiger partial charge on any atom is 0.226 e. The Labute approximate surface area is 151 Å². The van der Waals surface area contributed by atoms with Gasteiger partial charge in [-0.3, -0.25) is 4.79 Å². The van der Waals surface area contributed by atoms with Gasteiger partial charge in [-0.2, -0.15) is 5.10 Å². The predicted molar refractivity (Wildman–Crippen MR) is 98.0 cm³/mol. The number of ether oxygens (including phenoxy) is 1. The van der Waals surface area contributed by atoms with Crippen LogP contribution in [0.5, 0.6) is 11.5 Å². The highest BCUT2D eigenvalue weighted by Gasteiger charge is 2.32. The van der Waals surface area contributed by atoms with Crippen molar-refractivity contribution in [3.05, 3.63) is 65.4 Å². The summed E-state index contributed by atoms with van der Waals surface area (Å²) in [7, 11) is 1.62. The normalized spacial score (nSPS) is 16.1. The summed E-state index contributed by atoms with van der Waals surface area (Å²) in [5, 5.41) is 17.2. The van der Waals surface area contributed by atoms with E-state index in [0.717, 1.165) is 28.3 Å². The summed E-state index contributed by atoms with van der Waals surface area (Å²) in [6.07, 6.45) is 0.354. The zero-order valence-corrected chi connectivity index (χ0v) is 14.6. The van der Waals surface area contributed by atoms with Crippen molar-refractivity contribution in [2.45, 2.75) is 19.3 Å². The molecule has 0 saturated carbocycles. The molecule has 1 aliphatic heterocycles. The van der Waals surface area contributed by atoms with E-state index in [1.54, 1.807) is 23.9 Å². The molecule has 0 radical (unpaired) electrons. The van der Waals surface area contributed by atoms with Gasteiger partial charge in [0, 0.05) is 17.9 Å². The molecule has 3 aromatic rings. The SMILES string of the molecule is COc1ccc(-n2nc(C)c3c2NC(=O)C[C@H]3c2ccc(O)cc2)cc1. The number of aromatic hydroxyl groups is 1. The fraction of sp³-hybridized carbons (Fsp3) is 0.200. The molecule has 0 bridgehead atoms. The molecule has 0 unspecified atom stereocenters. The second kappa shape index (κ2) is 6.22. The molecule has 4 rings (SSSR count). The van der Waals surface area contributed by atoms with Crippen LogP contribution in [0.3, 0.4) is 0 Å². The van der Waals surface area contributed by atoms with E-state index in [2.05, 4.69) is 10.4 Å². The van der Waals surface area contributed by atoms with Crippen LogP contribution in [0.4, 0.5) is 5.82 Å². The molecular weight excluding hydrogens is 330 g/mol. The average molecular weight is 349 g/mol. The molecule has 0 aliphatic carbocycles. The van der Waals surface area contributed by atoms with Crippen LogP contribution in [-0.2, 0) is 4.79 Å². The van der Waals surface area contributed by atoms with E-state index in [9.17, 15) is 9.90 Å². The Morgan fingerprint density at radius 1 is 1.15 bits per heavy atom. The van der Waals surface area contributed by atoms with Crippen LogP contribution >= 0.6 is 0 Å². The number of phenols is 1. The first-order valence-corrected chi connectivity index (χ1v) is 8.39. The second-order valence-electron chi connectivity index (χ2n) is 6.35. The fourth-order valence-electron chi connectivity index (χ4n) is 3.45. The number of aromatic nitrogens is 2. The number of phenolic OH excluding ortho intramolecular Hbond substituents is 1. The lowest BCUT2D eigenvalue weighted by atomic mass is 9.86. The number of fused-ring (bicyclic) bond motifs is 1. The van der Waals surface area contributed by atoms with E-state index in [-0.39, 0.29) is 17.6 Å². The summed E-state index contributed by atoms with van der Waals surface area (Å²) in [5.74, 6) is 1.52. The fourth-order valence-corrected chi connectivity index (χ4v) is 3.45. The molecule has 1 atom stereocenters. The molecule has 132 valence electrons. The minimum absolute atomic E-state index is 0.0507. The molecule has 2 aromatic carbocycles. The third-order valence-corrected chi connectivity index (χ3v) is 4.71. The van der Waals surface area contributed by atoms with Crippen LogP contribution in [0, 0.1) is 6.92 Å². The molecule has 6 nitrogen and oxygen atoms in total. The number of hydrogen-bond donors (Lipinski definition) is 2. The Bertz CT molecular complexity index is 959. The number of rotatable bonds is 3. The highest BCUT2D eigenvalue weighted by molar-refractivity contribution is 5.95. The molecule has 2 heterocycles. The van der Waals surface area contributed by atoms with Gasteiger partial charge in [-0.1, -0.05) is 12.1 Å². The summed E-state index contributed by atoms with van der Waals surface area (Å²) < 4.78 is 6.96. The van der Waals surface area contributed by atoms with E-state index < -0.39 is 0 Å². The van der Waals surface area contributed by atoms with E-state index in [4.69, 9.17) is 4.74 Å². The molecule has 2 N–H and O–H groups in total. The Hall–Kier alpha value is -3.28. The summed E-state index contributed by atoms with van der Waals surface area (Å²) in [6, 6.07) is 14.5. The lowest BCUT2D eigenvalue weighted by molar-refractivity contribution is -0.116. The zero-order chi connectivity index (χ0) is 18.3. The Morgan fingerprint density at radius 3 is 2.50 bits per heavy atom. The van der Waals surface area contributed by atoms with Crippen molar-refractivity contribution in [2.24, 2.45) is 0 Å². The topological polar surface area (TPSA) is 76.4 Å². The highest BCUT2D eigenvalue weighted by Crippen LogP contribution is 2.40. The number of benzene rings is 2. The van der Waals surface area contributed by atoms with Gasteiger partial charge in [-0.15, -0.1) is 0 Å². The van der Waals surface area contributed by atoms with Crippen LogP contribution in [0.2, 0.25) is 0 Å². The number of aryl methyl sites for hydroxylation is 1. The smallest absolute Gasteiger partial charge is 0.226 e. The predicted octanol–water partition coefficient (Wildman–Crippen LogP) is 3.37. The monoisotopic (exact) mass is 349 g/mol. The largest absolute Gasteiger partial charge is 0.508 e. The minimum atomic E-state index is -0.0913. The Balaban J connectivity index is 1.82. The number of anilines is 1. The average Bonchev–Trinajstić information content (AvgIpc) is 2.98. The van der Waals surface area contributed by atoms with Gasteiger partial charge in [0.05, 0.1) is 18.5 Å². The molecule has 1 aromatic heterocycles. The molecule has 0 saturated heterocycles. The highest BCUT2D eigenvalue weighted by atomic mass is 16.5. The quantitative estimate of drug-likeness (QED) is 0.760. The lowest BCUT2D eigenvalue weighted by Crippen LogP contribution is -2.24. The van der Waals surface area contributed by atoms with Crippen molar-refractivity contribution in [1.82, 2.24) is 9.78 Å². The van der Waals surface area contributed by atoms with Gasteiger partial charge in [0.2, 0.25) is 5.91 Å². The minimum Gasteiger partial charge on any atom is -0.508 e. The summed E-state index contributed by atoms with van der Waals surface area (Å²) >= 11 is 0. The lowest BCUT2D eigenvalue weighted by Gasteiger charge is -2.24. The Morgan fingerprint density at radius 2 is 1.85 bits per heavy atom. The van der Waals surface area contributed by atoms with Crippen LogP contribution < -0.4 is 10.1 Å². The summed E-state index contributed by atoms with van der Waals surface area (Å²) in [6.45, 7) is 1.95. The third kappa shape index (κ3) is 2.69. The van der Waals surface area contributed by atoms with E-state index in [0.29, 0.717) is 12.2 Å². The van der Waals surface area contributed by atoms with Crippen LogP contribution in [0.1, 0.15) is 29.2 Å². The van der Waals surface area contributed by atoms with Gasteiger partial charge < -0.3 is 15.2 Å². The van der Waals surface area contributed by atoms with Crippen molar-refractivity contribution in [1.29, 1.82) is 0 Å². The number of hydrogen-bond acceptors (Lipinski definition) is 4. The van der Waals surface area contributed by atoms with Gasteiger partial charge in [0.1, 0.15) is 17.3 Å². The number of nitrogens with one attached hydrogen (secondary N) is 1. The molecule has 1 amide bonds. The number of carbonyl (C=O) groups is 1. The zero-order valence-electron chi connectivity index (χ0n) is 14.6. The summed E-state index contributed by atoms with van der Waals surface area (Å²) in [5.41, 5.74) is 3.71. The van der Waals surface area contributed by atoms with Crippen LogP contribution in [0.25, 0.3) is 5.69 Å². The number of methoxy groups -OCH3 is 1. The van der Waals surface area contributed by atoms with Gasteiger partial charge in [-0.25, -0.2) is 4.68 Å². The van der Waals surface area contributed by atoms with E-state index >= 15 is 0 Å². The first kappa shape index (κ1) is 16.2. The summed E-state index contributed by atoms with van der Waals surface area (Å²) in [4.78, 5) is 12.3.